The lowest BCUT2D eigenvalue weighted by molar-refractivity contribution is -0.384. The number of nitriles is 1. The highest BCUT2D eigenvalue weighted by molar-refractivity contribution is 5.90. The van der Waals surface area contributed by atoms with Crippen molar-refractivity contribution >= 4 is 17.3 Å². The van der Waals surface area contributed by atoms with Gasteiger partial charge in [0.1, 0.15) is 11.6 Å². The number of nitro groups is 1. The van der Waals surface area contributed by atoms with Crippen LogP contribution in [0.3, 0.4) is 0 Å². The molecule has 1 heterocycles. The number of allylic oxidation sites excluding steroid dienone is 1. The van der Waals surface area contributed by atoms with Crippen LogP contribution in [0.1, 0.15) is 22.5 Å². The van der Waals surface area contributed by atoms with Crippen molar-refractivity contribution in [1.82, 2.24) is 4.57 Å². The van der Waals surface area contributed by atoms with Crippen molar-refractivity contribution < 1.29 is 14.1 Å². The average Bonchev–Trinajstić information content (AvgIpc) is 2.99. The van der Waals surface area contributed by atoms with Gasteiger partial charge in [0.05, 0.1) is 29.4 Å². The van der Waals surface area contributed by atoms with E-state index in [1.54, 1.807) is 24.3 Å². The van der Waals surface area contributed by atoms with Crippen LogP contribution in [-0.4, -0.2) is 16.6 Å². The zero-order valence-electron chi connectivity index (χ0n) is 16.1. The molecule has 0 amide bonds. The van der Waals surface area contributed by atoms with Crippen LogP contribution < -0.4 is 4.74 Å². The molecule has 0 saturated heterocycles. The lowest BCUT2D eigenvalue weighted by Crippen LogP contribution is -2.03. The highest BCUT2D eigenvalue weighted by Gasteiger charge is 2.17. The van der Waals surface area contributed by atoms with Gasteiger partial charge < -0.3 is 9.30 Å². The van der Waals surface area contributed by atoms with Gasteiger partial charge in [-0.1, -0.05) is 12.1 Å². The Labute approximate surface area is 167 Å². The van der Waals surface area contributed by atoms with Gasteiger partial charge in [-0.2, -0.15) is 5.26 Å². The summed E-state index contributed by atoms with van der Waals surface area (Å²) in [6.07, 6.45) is 1.72. The molecule has 7 heteroatoms. The van der Waals surface area contributed by atoms with E-state index in [-0.39, 0.29) is 11.5 Å². The van der Waals surface area contributed by atoms with E-state index in [4.69, 9.17) is 4.74 Å². The minimum absolute atomic E-state index is 0.0468. The SMILES string of the molecule is COc1ccc([N+](=O)[O-])cc1-n1c(C)cc(/C=C(/C#N)c2ccc(F)cc2)c1C. The summed E-state index contributed by atoms with van der Waals surface area (Å²) in [6, 6.07) is 14.1. The number of non-ortho nitro benzene ring substituents is 1. The summed E-state index contributed by atoms with van der Waals surface area (Å²) in [5.41, 5.74) is 3.87. The van der Waals surface area contributed by atoms with Crippen LogP contribution in [0, 0.1) is 41.1 Å². The van der Waals surface area contributed by atoms with Crippen molar-refractivity contribution in [3.63, 3.8) is 0 Å². The van der Waals surface area contributed by atoms with E-state index >= 15 is 0 Å². The molecule has 3 rings (SSSR count). The smallest absolute Gasteiger partial charge is 0.271 e. The fourth-order valence-corrected chi connectivity index (χ4v) is 3.24. The number of nitrogens with zero attached hydrogens (tertiary/aromatic N) is 3. The summed E-state index contributed by atoms with van der Waals surface area (Å²) in [4.78, 5) is 10.7. The minimum Gasteiger partial charge on any atom is -0.495 e. The number of aryl methyl sites for hydroxylation is 1. The van der Waals surface area contributed by atoms with Crippen molar-refractivity contribution in [2.75, 3.05) is 7.11 Å². The zero-order chi connectivity index (χ0) is 21.1. The number of benzene rings is 2. The summed E-state index contributed by atoms with van der Waals surface area (Å²) < 4.78 is 20.4. The molecule has 0 atom stereocenters. The van der Waals surface area contributed by atoms with E-state index in [1.807, 2.05) is 24.5 Å². The number of hydrogen-bond donors (Lipinski definition) is 0. The van der Waals surface area contributed by atoms with Gasteiger partial charge in [-0.3, -0.25) is 10.1 Å². The second kappa shape index (κ2) is 7.98. The maximum Gasteiger partial charge on any atom is 0.271 e. The number of rotatable bonds is 5. The van der Waals surface area contributed by atoms with Crippen LogP contribution >= 0.6 is 0 Å². The predicted octanol–water partition coefficient (Wildman–Crippen LogP) is 5.21. The first kappa shape index (κ1) is 19.8. The third kappa shape index (κ3) is 3.87. The Balaban J connectivity index is 2.15. The Hall–Kier alpha value is -3.92. The molecular formula is C22H18FN3O3. The molecular weight excluding hydrogens is 373 g/mol. The van der Waals surface area contributed by atoms with E-state index < -0.39 is 4.92 Å². The van der Waals surface area contributed by atoms with Gasteiger partial charge in [0.2, 0.25) is 0 Å². The first-order valence-corrected chi connectivity index (χ1v) is 8.75. The van der Waals surface area contributed by atoms with Gasteiger partial charge in [-0.05, 0) is 55.3 Å². The topological polar surface area (TPSA) is 81.1 Å². The highest BCUT2D eigenvalue weighted by atomic mass is 19.1. The Morgan fingerprint density at radius 2 is 1.90 bits per heavy atom. The van der Waals surface area contributed by atoms with Crippen molar-refractivity contribution in [3.8, 4) is 17.5 Å². The summed E-state index contributed by atoms with van der Waals surface area (Å²) in [5.74, 6) is 0.119. The first-order chi connectivity index (χ1) is 13.8. The second-order valence-corrected chi connectivity index (χ2v) is 6.45. The molecule has 0 radical (unpaired) electrons. The van der Waals surface area contributed by atoms with E-state index in [0.29, 0.717) is 22.6 Å². The van der Waals surface area contributed by atoms with Gasteiger partial charge in [-0.25, -0.2) is 4.39 Å². The standard InChI is InChI=1S/C22H18FN3O3/c1-14-10-17(11-18(13-24)16-4-6-19(23)7-5-16)15(2)25(14)21-12-20(26(27)28)8-9-22(21)29-3/h4-12H,1-3H3/b18-11-. The van der Waals surface area contributed by atoms with Crippen LogP contribution in [0.4, 0.5) is 10.1 Å². The third-order valence-electron chi connectivity index (χ3n) is 4.66. The third-order valence-corrected chi connectivity index (χ3v) is 4.66. The van der Waals surface area contributed by atoms with E-state index in [9.17, 15) is 19.8 Å². The lowest BCUT2D eigenvalue weighted by Gasteiger charge is -2.14. The van der Waals surface area contributed by atoms with Crippen LogP contribution in [0.15, 0.2) is 48.5 Å². The first-order valence-electron chi connectivity index (χ1n) is 8.75. The monoisotopic (exact) mass is 391 g/mol. The Kier molecular flexibility index (Phi) is 5.46. The van der Waals surface area contributed by atoms with Crippen LogP contribution in [0.5, 0.6) is 5.75 Å². The van der Waals surface area contributed by atoms with Crippen LogP contribution in [0.25, 0.3) is 17.3 Å². The van der Waals surface area contributed by atoms with Gasteiger partial charge >= 0.3 is 0 Å². The van der Waals surface area contributed by atoms with Gasteiger partial charge in [0.25, 0.3) is 5.69 Å². The maximum absolute atomic E-state index is 13.2. The molecule has 6 nitrogen and oxygen atoms in total. The molecule has 0 unspecified atom stereocenters. The van der Waals surface area contributed by atoms with Gasteiger partial charge in [-0.15, -0.1) is 0 Å². The summed E-state index contributed by atoms with van der Waals surface area (Å²) >= 11 is 0. The van der Waals surface area contributed by atoms with Gasteiger partial charge in [0, 0.05) is 23.5 Å². The van der Waals surface area contributed by atoms with Crippen LogP contribution in [-0.2, 0) is 0 Å². The molecule has 0 fully saturated rings. The van der Waals surface area contributed by atoms with Crippen molar-refractivity contribution in [2.24, 2.45) is 0 Å². The van der Waals surface area contributed by atoms with Crippen molar-refractivity contribution in [2.45, 2.75) is 13.8 Å². The summed E-state index contributed by atoms with van der Waals surface area (Å²) in [5, 5.41) is 20.8. The Bertz CT molecular complexity index is 1160. The minimum atomic E-state index is -0.458. The molecule has 146 valence electrons. The van der Waals surface area contributed by atoms with Crippen molar-refractivity contribution in [3.05, 3.63) is 87.0 Å². The quantitative estimate of drug-likeness (QED) is 0.339. The number of halogens is 1. The number of nitro benzene ring substituents is 1. The molecule has 0 aliphatic rings. The number of hydrogen-bond acceptors (Lipinski definition) is 4. The molecule has 0 saturated carbocycles. The number of aromatic nitrogens is 1. The van der Waals surface area contributed by atoms with Crippen molar-refractivity contribution in [1.29, 1.82) is 5.26 Å². The molecule has 2 aromatic carbocycles. The average molecular weight is 391 g/mol. The maximum atomic E-state index is 13.2. The number of ether oxygens (including phenoxy) is 1. The molecule has 29 heavy (non-hydrogen) atoms. The Morgan fingerprint density at radius 1 is 1.21 bits per heavy atom. The molecule has 0 bridgehead atoms. The van der Waals surface area contributed by atoms with E-state index in [2.05, 4.69) is 6.07 Å². The normalized spacial score (nSPS) is 11.2. The summed E-state index contributed by atoms with van der Waals surface area (Å²) in [6.45, 7) is 3.73. The second-order valence-electron chi connectivity index (χ2n) is 6.45. The predicted molar refractivity (Wildman–Crippen MR) is 108 cm³/mol. The molecule has 0 spiro atoms. The Morgan fingerprint density at radius 3 is 2.48 bits per heavy atom. The van der Waals surface area contributed by atoms with Crippen LogP contribution in [0.2, 0.25) is 0 Å². The summed E-state index contributed by atoms with van der Waals surface area (Å²) in [7, 11) is 1.50. The molecule has 0 N–H and O–H groups in total. The number of methoxy groups -OCH3 is 1. The molecule has 3 aromatic rings. The van der Waals surface area contributed by atoms with Gasteiger partial charge in [0.15, 0.2) is 0 Å². The highest BCUT2D eigenvalue weighted by Crippen LogP contribution is 2.32. The molecule has 0 aliphatic heterocycles. The zero-order valence-corrected chi connectivity index (χ0v) is 16.1. The fraction of sp³-hybridized carbons (Fsp3) is 0.136. The molecule has 1 aromatic heterocycles. The van der Waals surface area contributed by atoms with E-state index in [1.165, 1.54) is 31.4 Å². The fourth-order valence-electron chi connectivity index (χ4n) is 3.24. The largest absolute Gasteiger partial charge is 0.495 e. The van der Waals surface area contributed by atoms with E-state index in [0.717, 1.165) is 17.0 Å². The molecule has 0 aliphatic carbocycles. The lowest BCUT2D eigenvalue weighted by atomic mass is 10.0.